The Bertz CT molecular complexity index is 975. The minimum atomic E-state index is -0.987. The molecule has 9 heteroatoms. The summed E-state index contributed by atoms with van der Waals surface area (Å²) in [6.45, 7) is 0. The third-order valence-corrected chi connectivity index (χ3v) is 5.04. The highest BCUT2D eigenvalue weighted by Crippen LogP contribution is 2.30. The zero-order chi connectivity index (χ0) is 18.8. The molecule has 1 aliphatic carbocycles. The third kappa shape index (κ3) is 3.80. The quantitative estimate of drug-likeness (QED) is 0.634. The number of amides is 1. The molecule has 27 heavy (non-hydrogen) atoms. The maximum atomic E-state index is 10.9. The van der Waals surface area contributed by atoms with Crippen LogP contribution >= 0.6 is 11.6 Å². The van der Waals surface area contributed by atoms with E-state index in [9.17, 15) is 4.79 Å². The number of carboxylic acid groups (broad SMARTS) is 1. The van der Waals surface area contributed by atoms with Crippen LogP contribution in [0.4, 0.5) is 10.7 Å². The van der Waals surface area contributed by atoms with E-state index in [4.69, 9.17) is 16.7 Å². The lowest BCUT2D eigenvalue weighted by Crippen LogP contribution is -2.41. The average molecular weight is 387 g/mol. The van der Waals surface area contributed by atoms with Crippen molar-refractivity contribution in [1.29, 1.82) is 0 Å². The molecule has 0 spiro atoms. The van der Waals surface area contributed by atoms with Gasteiger partial charge in [0.1, 0.15) is 0 Å². The third-order valence-electron chi connectivity index (χ3n) is 4.76. The molecule has 1 aliphatic rings. The minimum Gasteiger partial charge on any atom is -0.465 e. The molecule has 3 N–H and O–H groups in total. The number of nitrogens with zero attached hydrogens (tertiary/aromatic N) is 4. The molecule has 1 unspecified atom stereocenters. The molecule has 8 nitrogen and oxygen atoms in total. The molecule has 0 bridgehead atoms. The predicted octanol–water partition coefficient (Wildman–Crippen LogP) is 3.44. The summed E-state index contributed by atoms with van der Waals surface area (Å²) >= 11 is 6.35. The fourth-order valence-electron chi connectivity index (χ4n) is 3.55. The standard InChI is InChI=1S/C18H19ClN6O2/c19-14-10-20-17(22-11-4-3-5-12(8-11)23-18(26)27)24-16(14)13-9-21-25-7-2-1-6-15(13)25/h1-2,6-7,9-12,23H,3-5,8H2,(H,26,27)(H,20,22,24)/t11-,12?/m1/s1. The first-order chi connectivity index (χ1) is 13.1. The number of hydrogen-bond acceptors (Lipinski definition) is 5. The van der Waals surface area contributed by atoms with Crippen LogP contribution < -0.4 is 10.6 Å². The van der Waals surface area contributed by atoms with Crippen molar-refractivity contribution in [3.05, 3.63) is 41.8 Å². The Balaban J connectivity index is 1.57. The van der Waals surface area contributed by atoms with Crippen LogP contribution in [0, 0.1) is 0 Å². The van der Waals surface area contributed by atoms with Gasteiger partial charge in [-0.15, -0.1) is 0 Å². The highest BCUT2D eigenvalue weighted by atomic mass is 35.5. The molecule has 2 atom stereocenters. The zero-order valence-corrected chi connectivity index (χ0v) is 15.2. The van der Waals surface area contributed by atoms with E-state index in [1.54, 1.807) is 16.9 Å². The van der Waals surface area contributed by atoms with E-state index in [-0.39, 0.29) is 12.1 Å². The first kappa shape index (κ1) is 17.5. The lowest BCUT2D eigenvalue weighted by atomic mass is 9.91. The molecule has 1 saturated carbocycles. The number of pyridine rings is 1. The molecule has 0 aliphatic heterocycles. The Kier molecular flexibility index (Phi) is 4.81. The van der Waals surface area contributed by atoms with Crippen molar-refractivity contribution >= 4 is 29.2 Å². The summed E-state index contributed by atoms with van der Waals surface area (Å²) in [7, 11) is 0. The average Bonchev–Trinajstić information content (AvgIpc) is 3.07. The Labute approximate surface area is 160 Å². The van der Waals surface area contributed by atoms with Gasteiger partial charge in [0.15, 0.2) is 0 Å². The molecule has 3 aromatic rings. The lowest BCUT2D eigenvalue weighted by molar-refractivity contribution is 0.185. The van der Waals surface area contributed by atoms with Gasteiger partial charge in [0.25, 0.3) is 0 Å². The monoisotopic (exact) mass is 386 g/mol. The maximum absolute atomic E-state index is 10.9. The second-order valence-electron chi connectivity index (χ2n) is 6.63. The molecular weight excluding hydrogens is 368 g/mol. The van der Waals surface area contributed by atoms with Gasteiger partial charge in [-0.05, 0) is 37.8 Å². The van der Waals surface area contributed by atoms with Crippen molar-refractivity contribution in [3.8, 4) is 11.3 Å². The number of hydrogen-bond donors (Lipinski definition) is 3. The van der Waals surface area contributed by atoms with Crippen molar-refractivity contribution in [2.75, 3.05) is 5.32 Å². The van der Waals surface area contributed by atoms with Crippen molar-refractivity contribution in [1.82, 2.24) is 24.9 Å². The van der Waals surface area contributed by atoms with E-state index in [1.165, 1.54) is 0 Å². The fraction of sp³-hybridized carbons (Fsp3) is 0.333. The van der Waals surface area contributed by atoms with E-state index < -0.39 is 6.09 Å². The van der Waals surface area contributed by atoms with Crippen LogP contribution in [0.25, 0.3) is 16.8 Å². The summed E-state index contributed by atoms with van der Waals surface area (Å²) < 4.78 is 1.77. The van der Waals surface area contributed by atoms with Crippen molar-refractivity contribution in [2.24, 2.45) is 0 Å². The highest BCUT2D eigenvalue weighted by Gasteiger charge is 2.24. The van der Waals surface area contributed by atoms with Gasteiger partial charge in [-0.2, -0.15) is 5.10 Å². The molecule has 0 saturated heterocycles. The van der Waals surface area contributed by atoms with E-state index in [2.05, 4.69) is 25.7 Å². The maximum Gasteiger partial charge on any atom is 0.404 e. The van der Waals surface area contributed by atoms with Crippen molar-refractivity contribution in [2.45, 2.75) is 37.8 Å². The molecule has 3 aromatic heterocycles. The minimum absolute atomic E-state index is 0.0554. The summed E-state index contributed by atoms with van der Waals surface area (Å²) in [5, 5.41) is 19.6. The number of carbonyl (C=O) groups is 1. The number of halogens is 1. The summed E-state index contributed by atoms with van der Waals surface area (Å²) in [6, 6.07) is 5.85. The van der Waals surface area contributed by atoms with Crippen molar-refractivity contribution < 1.29 is 9.90 Å². The van der Waals surface area contributed by atoms with E-state index >= 15 is 0 Å². The predicted molar refractivity (Wildman–Crippen MR) is 102 cm³/mol. The van der Waals surface area contributed by atoms with Gasteiger partial charge in [0.05, 0.1) is 28.6 Å². The van der Waals surface area contributed by atoms with Gasteiger partial charge in [-0.1, -0.05) is 17.7 Å². The number of anilines is 1. The first-order valence-corrected chi connectivity index (χ1v) is 9.19. The van der Waals surface area contributed by atoms with Crippen LogP contribution in [0.5, 0.6) is 0 Å². The largest absolute Gasteiger partial charge is 0.465 e. The Morgan fingerprint density at radius 1 is 1.26 bits per heavy atom. The second-order valence-corrected chi connectivity index (χ2v) is 7.04. The number of aromatic nitrogens is 4. The van der Waals surface area contributed by atoms with Crippen molar-refractivity contribution in [3.63, 3.8) is 0 Å². The van der Waals surface area contributed by atoms with Crippen LogP contribution in [0.2, 0.25) is 5.02 Å². The van der Waals surface area contributed by atoms with Crippen LogP contribution in [0.15, 0.2) is 36.8 Å². The van der Waals surface area contributed by atoms with E-state index in [0.717, 1.165) is 30.3 Å². The topological polar surface area (TPSA) is 104 Å². The van der Waals surface area contributed by atoms with Gasteiger partial charge in [-0.25, -0.2) is 19.3 Å². The molecule has 1 fully saturated rings. The molecule has 4 rings (SSSR count). The van der Waals surface area contributed by atoms with E-state index in [0.29, 0.717) is 23.1 Å². The fourth-order valence-corrected chi connectivity index (χ4v) is 3.74. The Hall–Kier alpha value is -2.87. The molecule has 3 heterocycles. The molecule has 0 aromatic carbocycles. The molecule has 140 valence electrons. The molecular formula is C18H19ClN6O2. The Morgan fingerprint density at radius 2 is 2.11 bits per heavy atom. The van der Waals surface area contributed by atoms with Crippen LogP contribution in [0.3, 0.4) is 0 Å². The van der Waals surface area contributed by atoms with Crippen LogP contribution in [-0.4, -0.2) is 42.9 Å². The normalized spacial score (nSPS) is 19.7. The number of rotatable bonds is 4. The zero-order valence-electron chi connectivity index (χ0n) is 14.5. The SMILES string of the molecule is O=C(O)NC1CCC[C@@H](Nc2ncc(Cl)c(-c3cnn4ccccc34)n2)C1. The van der Waals surface area contributed by atoms with Crippen LogP contribution in [0.1, 0.15) is 25.7 Å². The van der Waals surface area contributed by atoms with Gasteiger partial charge in [0, 0.05) is 23.8 Å². The summed E-state index contributed by atoms with van der Waals surface area (Å²) in [6.07, 6.45) is 7.62. The molecule has 0 radical (unpaired) electrons. The second kappa shape index (κ2) is 7.40. The molecule has 1 amide bonds. The first-order valence-electron chi connectivity index (χ1n) is 8.81. The highest BCUT2D eigenvalue weighted by molar-refractivity contribution is 6.33. The van der Waals surface area contributed by atoms with Gasteiger partial charge in [0.2, 0.25) is 5.95 Å². The summed E-state index contributed by atoms with van der Waals surface area (Å²) in [5.41, 5.74) is 2.36. The number of fused-ring (bicyclic) bond motifs is 1. The van der Waals surface area contributed by atoms with Gasteiger partial charge < -0.3 is 15.7 Å². The lowest BCUT2D eigenvalue weighted by Gasteiger charge is -2.29. The smallest absolute Gasteiger partial charge is 0.404 e. The van der Waals surface area contributed by atoms with Gasteiger partial charge in [-0.3, -0.25) is 0 Å². The van der Waals surface area contributed by atoms with E-state index in [1.807, 2.05) is 24.4 Å². The Morgan fingerprint density at radius 3 is 2.96 bits per heavy atom. The summed E-state index contributed by atoms with van der Waals surface area (Å²) in [5.74, 6) is 0.477. The number of nitrogens with one attached hydrogen (secondary N) is 2. The summed E-state index contributed by atoms with van der Waals surface area (Å²) in [4.78, 5) is 19.8. The van der Waals surface area contributed by atoms with Gasteiger partial charge >= 0.3 is 6.09 Å². The van der Waals surface area contributed by atoms with Crippen LogP contribution in [-0.2, 0) is 0 Å².